The first-order valence-corrected chi connectivity index (χ1v) is 7.31. The molecule has 0 heterocycles. The number of hydrogen-bond acceptors (Lipinski definition) is 2. The zero-order valence-electron chi connectivity index (χ0n) is 11.8. The fourth-order valence-corrected chi connectivity index (χ4v) is 2.41. The number of nitrogens with one attached hydrogen (secondary N) is 2. The maximum absolute atomic E-state index is 12.5. The Kier molecular flexibility index (Phi) is 5.41. The maximum Gasteiger partial charge on any atom is 0.251 e. The number of carbonyl (C=O) groups excluding carboxylic acids is 2. The second-order valence-electron chi connectivity index (χ2n) is 4.65. The summed E-state index contributed by atoms with van der Waals surface area (Å²) >= 11 is 12.0. The zero-order chi connectivity index (χ0) is 16.1. The van der Waals surface area contributed by atoms with Gasteiger partial charge in [-0.15, -0.1) is 0 Å². The van der Waals surface area contributed by atoms with Gasteiger partial charge in [-0.25, -0.2) is 0 Å². The highest BCUT2D eigenvalue weighted by atomic mass is 35.5. The standard InChI is InChI=1S/C16H14Cl2N2O2/c1-10(21)19-15(13-7-2-3-8-14(13)18)16(22)20-12-6-4-5-11(17)9-12/h2-9,15H,1H3,(H,19,21)(H,20,22)/t15-/m1/s1. The molecule has 0 aliphatic carbocycles. The Morgan fingerprint density at radius 1 is 1.05 bits per heavy atom. The van der Waals surface area contributed by atoms with E-state index in [1.54, 1.807) is 48.5 Å². The predicted octanol–water partition coefficient (Wildman–Crippen LogP) is 3.81. The third-order valence-corrected chi connectivity index (χ3v) is 3.50. The molecule has 0 aliphatic rings. The van der Waals surface area contributed by atoms with Gasteiger partial charge in [-0.2, -0.15) is 0 Å². The van der Waals surface area contributed by atoms with E-state index >= 15 is 0 Å². The lowest BCUT2D eigenvalue weighted by Crippen LogP contribution is -2.35. The Labute approximate surface area is 138 Å². The lowest BCUT2D eigenvalue weighted by atomic mass is 10.1. The Balaban J connectivity index is 2.27. The van der Waals surface area contributed by atoms with Crippen LogP contribution in [-0.4, -0.2) is 11.8 Å². The molecule has 2 N–H and O–H groups in total. The molecule has 0 saturated carbocycles. The van der Waals surface area contributed by atoms with E-state index in [1.807, 2.05) is 0 Å². The zero-order valence-corrected chi connectivity index (χ0v) is 13.3. The molecule has 2 amide bonds. The number of halogens is 2. The van der Waals surface area contributed by atoms with E-state index < -0.39 is 11.9 Å². The molecule has 2 aromatic carbocycles. The SMILES string of the molecule is CC(=O)N[C@@H](C(=O)Nc1cccc(Cl)c1)c1ccccc1Cl. The highest BCUT2D eigenvalue weighted by molar-refractivity contribution is 6.32. The van der Waals surface area contributed by atoms with Crippen molar-refractivity contribution in [3.8, 4) is 0 Å². The van der Waals surface area contributed by atoms with Gasteiger partial charge in [0.1, 0.15) is 6.04 Å². The summed E-state index contributed by atoms with van der Waals surface area (Å²) in [7, 11) is 0. The summed E-state index contributed by atoms with van der Waals surface area (Å²) in [6.07, 6.45) is 0. The number of hydrogen-bond donors (Lipinski definition) is 2. The van der Waals surface area contributed by atoms with Gasteiger partial charge in [-0.3, -0.25) is 9.59 Å². The lowest BCUT2D eigenvalue weighted by molar-refractivity contribution is -0.125. The molecule has 0 bridgehead atoms. The van der Waals surface area contributed by atoms with Crippen LogP contribution >= 0.6 is 23.2 Å². The van der Waals surface area contributed by atoms with Gasteiger partial charge in [0, 0.05) is 28.2 Å². The minimum absolute atomic E-state index is 0.328. The number of amides is 2. The molecule has 0 aliphatic heterocycles. The molecule has 22 heavy (non-hydrogen) atoms. The van der Waals surface area contributed by atoms with E-state index in [2.05, 4.69) is 10.6 Å². The van der Waals surface area contributed by atoms with Crippen molar-refractivity contribution in [1.82, 2.24) is 5.32 Å². The van der Waals surface area contributed by atoms with Crippen molar-refractivity contribution in [3.63, 3.8) is 0 Å². The van der Waals surface area contributed by atoms with E-state index in [9.17, 15) is 9.59 Å². The van der Waals surface area contributed by atoms with Gasteiger partial charge in [-0.1, -0.05) is 47.5 Å². The average Bonchev–Trinajstić information content (AvgIpc) is 2.45. The van der Waals surface area contributed by atoms with Crippen molar-refractivity contribution >= 4 is 40.7 Å². The first-order valence-electron chi connectivity index (χ1n) is 6.55. The molecule has 2 aromatic rings. The van der Waals surface area contributed by atoms with Crippen LogP contribution in [0.4, 0.5) is 5.69 Å². The van der Waals surface area contributed by atoms with Crippen molar-refractivity contribution in [2.45, 2.75) is 13.0 Å². The molecule has 1 atom stereocenters. The quantitative estimate of drug-likeness (QED) is 0.891. The summed E-state index contributed by atoms with van der Waals surface area (Å²) < 4.78 is 0. The van der Waals surface area contributed by atoms with Gasteiger partial charge in [0.2, 0.25) is 5.91 Å². The smallest absolute Gasteiger partial charge is 0.251 e. The van der Waals surface area contributed by atoms with Crippen LogP contribution in [0.3, 0.4) is 0 Å². The van der Waals surface area contributed by atoms with Gasteiger partial charge in [0.05, 0.1) is 0 Å². The van der Waals surface area contributed by atoms with Crippen molar-refractivity contribution < 1.29 is 9.59 Å². The third-order valence-electron chi connectivity index (χ3n) is 2.92. The van der Waals surface area contributed by atoms with Gasteiger partial charge in [0.25, 0.3) is 5.91 Å². The normalized spacial score (nSPS) is 11.6. The van der Waals surface area contributed by atoms with E-state index in [0.29, 0.717) is 21.3 Å². The molecule has 0 unspecified atom stereocenters. The fourth-order valence-electron chi connectivity index (χ4n) is 1.98. The lowest BCUT2D eigenvalue weighted by Gasteiger charge is -2.19. The maximum atomic E-state index is 12.5. The predicted molar refractivity (Wildman–Crippen MR) is 88.1 cm³/mol. The van der Waals surface area contributed by atoms with Crippen LogP contribution in [0.2, 0.25) is 10.0 Å². The Bertz CT molecular complexity index is 704. The second kappa shape index (κ2) is 7.29. The topological polar surface area (TPSA) is 58.2 Å². The molecule has 6 heteroatoms. The Morgan fingerprint density at radius 2 is 1.77 bits per heavy atom. The van der Waals surface area contributed by atoms with Gasteiger partial charge >= 0.3 is 0 Å². The van der Waals surface area contributed by atoms with E-state index in [-0.39, 0.29) is 5.91 Å². The van der Waals surface area contributed by atoms with Crippen molar-refractivity contribution in [2.24, 2.45) is 0 Å². The third kappa shape index (κ3) is 4.23. The average molecular weight is 337 g/mol. The van der Waals surface area contributed by atoms with E-state index in [0.717, 1.165) is 0 Å². The van der Waals surface area contributed by atoms with Crippen molar-refractivity contribution in [1.29, 1.82) is 0 Å². The molecule has 4 nitrogen and oxygen atoms in total. The summed E-state index contributed by atoms with van der Waals surface area (Å²) in [6, 6.07) is 12.7. The summed E-state index contributed by atoms with van der Waals surface area (Å²) in [5.74, 6) is -0.725. The first kappa shape index (κ1) is 16.3. The molecular weight excluding hydrogens is 323 g/mol. The van der Waals surface area contributed by atoms with Crippen LogP contribution in [0.5, 0.6) is 0 Å². The summed E-state index contributed by atoms with van der Waals surface area (Å²) in [5, 5.41) is 6.23. The summed E-state index contributed by atoms with van der Waals surface area (Å²) in [6.45, 7) is 1.34. The molecular formula is C16H14Cl2N2O2. The molecule has 114 valence electrons. The van der Waals surface area contributed by atoms with Crippen LogP contribution in [0.15, 0.2) is 48.5 Å². The van der Waals surface area contributed by atoms with E-state index in [4.69, 9.17) is 23.2 Å². The molecule has 0 saturated heterocycles. The monoisotopic (exact) mass is 336 g/mol. The van der Waals surface area contributed by atoms with Crippen LogP contribution < -0.4 is 10.6 Å². The number of carbonyl (C=O) groups is 2. The number of anilines is 1. The molecule has 0 aromatic heterocycles. The van der Waals surface area contributed by atoms with Crippen LogP contribution in [0.25, 0.3) is 0 Å². The van der Waals surface area contributed by atoms with Gasteiger partial charge < -0.3 is 10.6 Å². The Hall–Kier alpha value is -2.04. The minimum Gasteiger partial charge on any atom is -0.341 e. The number of rotatable bonds is 4. The number of benzene rings is 2. The molecule has 0 radical (unpaired) electrons. The highest BCUT2D eigenvalue weighted by Crippen LogP contribution is 2.24. The summed E-state index contributed by atoms with van der Waals surface area (Å²) in [4.78, 5) is 23.9. The highest BCUT2D eigenvalue weighted by Gasteiger charge is 2.23. The first-order chi connectivity index (χ1) is 10.5. The summed E-state index contributed by atoms with van der Waals surface area (Å²) in [5.41, 5.74) is 1.07. The molecule has 0 fully saturated rings. The van der Waals surface area contributed by atoms with Crippen LogP contribution in [0.1, 0.15) is 18.5 Å². The Morgan fingerprint density at radius 3 is 2.41 bits per heavy atom. The molecule has 0 spiro atoms. The largest absolute Gasteiger partial charge is 0.341 e. The van der Waals surface area contributed by atoms with Crippen LogP contribution in [0, 0.1) is 0 Å². The molecule has 2 rings (SSSR count). The van der Waals surface area contributed by atoms with E-state index in [1.165, 1.54) is 6.92 Å². The minimum atomic E-state index is -0.884. The van der Waals surface area contributed by atoms with Crippen molar-refractivity contribution in [2.75, 3.05) is 5.32 Å². The van der Waals surface area contributed by atoms with Crippen LogP contribution in [-0.2, 0) is 9.59 Å². The van der Waals surface area contributed by atoms with Gasteiger partial charge in [0.15, 0.2) is 0 Å². The van der Waals surface area contributed by atoms with Gasteiger partial charge in [-0.05, 0) is 24.3 Å². The fraction of sp³-hybridized carbons (Fsp3) is 0.125. The second-order valence-corrected chi connectivity index (χ2v) is 5.50. The van der Waals surface area contributed by atoms with Crippen molar-refractivity contribution in [3.05, 3.63) is 64.1 Å².